The molecule has 2 N–H and O–H groups in total. The molecular weight excluding hydrogens is 276 g/mol. The van der Waals surface area contributed by atoms with Gasteiger partial charge in [0.15, 0.2) is 0 Å². The molecule has 0 bridgehead atoms. The molecule has 0 saturated carbocycles. The summed E-state index contributed by atoms with van der Waals surface area (Å²) in [6.45, 7) is 1.96. The predicted octanol–water partition coefficient (Wildman–Crippen LogP) is 2.28. The molecule has 0 aliphatic heterocycles. The zero-order valence-corrected chi connectivity index (χ0v) is 11.8. The quantitative estimate of drug-likeness (QED) is 0.434. The van der Waals surface area contributed by atoms with Gasteiger partial charge in [-0.2, -0.15) is 0 Å². The predicted molar refractivity (Wildman–Crippen MR) is 76.3 cm³/mol. The van der Waals surface area contributed by atoms with Crippen LogP contribution in [0, 0.1) is 17.0 Å². The SMILES string of the molecule is Cc1c(C(=O)NCCCCCC(=O)O)cccc1[N+](=O)[O-]. The minimum Gasteiger partial charge on any atom is -0.481 e. The monoisotopic (exact) mass is 294 g/mol. The molecule has 0 fully saturated rings. The van der Waals surface area contributed by atoms with Crippen LogP contribution in [0.15, 0.2) is 18.2 Å². The Hall–Kier alpha value is -2.44. The van der Waals surface area contributed by atoms with Crippen molar-refractivity contribution in [3.05, 3.63) is 39.4 Å². The Morgan fingerprint density at radius 2 is 2.00 bits per heavy atom. The first kappa shape index (κ1) is 16.6. The molecule has 0 atom stereocenters. The summed E-state index contributed by atoms with van der Waals surface area (Å²) in [6.07, 6.45) is 2.08. The van der Waals surface area contributed by atoms with Crippen LogP contribution in [0.3, 0.4) is 0 Å². The van der Waals surface area contributed by atoms with Crippen molar-refractivity contribution in [3.63, 3.8) is 0 Å². The van der Waals surface area contributed by atoms with Crippen LogP contribution < -0.4 is 5.32 Å². The third-order valence-corrected chi connectivity index (χ3v) is 3.10. The Morgan fingerprint density at radius 1 is 1.29 bits per heavy atom. The number of carbonyl (C=O) groups excluding carboxylic acids is 1. The summed E-state index contributed by atoms with van der Waals surface area (Å²) < 4.78 is 0. The van der Waals surface area contributed by atoms with Gasteiger partial charge >= 0.3 is 5.97 Å². The smallest absolute Gasteiger partial charge is 0.303 e. The number of unbranched alkanes of at least 4 members (excludes halogenated alkanes) is 2. The van der Waals surface area contributed by atoms with E-state index in [0.717, 1.165) is 0 Å². The Balaban J connectivity index is 2.48. The summed E-state index contributed by atoms with van der Waals surface area (Å²) in [5, 5.41) is 22.0. The van der Waals surface area contributed by atoms with Crippen LogP contribution in [0.1, 0.15) is 41.6 Å². The molecule has 1 aromatic rings. The van der Waals surface area contributed by atoms with Crippen LogP contribution in [0.4, 0.5) is 5.69 Å². The maximum Gasteiger partial charge on any atom is 0.303 e. The van der Waals surface area contributed by atoms with Crippen LogP contribution in [-0.2, 0) is 4.79 Å². The fraction of sp³-hybridized carbons (Fsp3) is 0.429. The summed E-state index contributed by atoms with van der Waals surface area (Å²) in [5.41, 5.74) is 0.546. The number of carboxylic acids is 1. The highest BCUT2D eigenvalue weighted by atomic mass is 16.6. The third-order valence-electron chi connectivity index (χ3n) is 3.10. The fourth-order valence-electron chi connectivity index (χ4n) is 1.94. The molecule has 0 radical (unpaired) electrons. The Labute approximate surface area is 122 Å². The Kier molecular flexibility index (Phi) is 6.32. The van der Waals surface area contributed by atoms with Crippen molar-refractivity contribution in [2.75, 3.05) is 6.54 Å². The highest BCUT2D eigenvalue weighted by Gasteiger charge is 2.17. The number of hydrogen-bond donors (Lipinski definition) is 2. The van der Waals surface area contributed by atoms with Gasteiger partial charge in [0.25, 0.3) is 11.6 Å². The largest absolute Gasteiger partial charge is 0.481 e. The van der Waals surface area contributed by atoms with E-state index in [-0.39, 0.29) is 23.6 Å². The highest BCUT2D eigenvalue weighted by molar-refractivity contribution is 5.96. The second-order valence-electron chi connectivity index (χ2n) is 4.67. The van der Waals surface area contributed by atoms with Crippen molar-refractivity contribution < 1.29 is 19.6 Å². The molecule has 21 heavy (non-hydrogen) atoms. The number of amides is 1. The van der Waals surface area contributed by atoms with Gasteiger partial charge in [-0.1, -0.05) is 12.5 Å². The molecule has 0 spiro atoms. The standard InChI is InChI=1S/C14H18N2O5/c1-10-11(6-5-7-12(10)16(20)21)14(19)15-9-4-2-3-8-13(17)18/h5-7H,2-4,8-9H2,1H3,(H,15,19)(H,17,18). The van der Waals surface area contributed by atoms with Gasteiger partial charge in [-0.3, -0.25) is 19.7 Å². The third kappa shape index (κ3) is 5.21. The molecule has 0 aromatic heterocycles. The van der Waals surface area contributed by atoms with Crippen molar-refractivity contribution in [3.8, 4) is 0 Å². The van der Waals surface area contributed by atoms with Gasteiger partial charge in [-0.25, -0.2) is 0 Å². The molecule has 1 rings (SSSR count). The van der Waals surface area contributed by atoms with E-state index >= 15 is 0 Å². The van der Waals surface area contributed by atoms with Gasteiger partial charge in [-0.15, -0.1) is 0 Å². The first-order chi connectivity index (χ1) is 9.93. The zero-order valence-electron chi connectivity index (χ0n) is 11.8. The first-order valence-electron chi connectivity index (χ1n) is 6.67. The minimum atomic E-state index is -0.828. The number of carbonyl (C=O) groups is 2. The van der Waals surface area contributed by atoms with Gasteiger partial charge < -0.3 is 10.4 Å². The van der Waals surface area contributed by atoms with Crippen LogP contribution >= 0.6 is 0 Å². The van der Waals surface area contributed by atoms with E-state index in [1.54, 1.807) is 13.0 Å². The van der Waals surface area contributed by atoms with E-state index in [2.05, 4.69) is 5.32 Å². The van der Waals surface area contributed by atoms with Gasteiger partial charge in [-0.05, 0) is 25.8 Å². The highest BCUT2D eigenvalue weighted by Crippen LogP contribution is 2.20. The van der Waals surface area contributed by atoms with Crippen LogP contribution in [-0.4, -0.2) is 28.5 Å². The Morgan fingerprint density at radius 3 is 2.62 bits per heavy atom. The molecule has 114 valence electrons. The number of aliphatic carboxylic acids is 1. The first-order valence-corrected chi connectivity index (χ1v) is 6.67. The number of benzene rings is 1. The average Bonchev–Trinajstić information content (AvgIpc) is 2.42. The molecule has 0 heterocycles. The van der Waals surface area contributed by atoms with Gasteiger partial charge in [0.2, 0.25) is 0 Å². The van der Waals surface area contributed by atoms with E-state index in [0.29, 0.717) is 31.4 Å². The zero-order chi connectivity index (χ0) is 15.8. The molecule has 0 aliphatic rings. The number of hydrogen-bond acceptors (Lipinski definition) is 4. The second-order valence-corrected chi connectivity index (χ2v) is 4.67. The summed E-state index contributed by atoms with van der Waals surface area (Å²) >= 11 is 0. The average molecular weight is 294 g/mol. The second kappa shape index (κ2) is 7.98. The van der Waals surface area contributed by atoms with E-state index in [9.17, 15) is 19.7 Å². The lowest BCUT2D eigenvalue weighted by Crippen LogP contribution is -2.25. The van der Waals surface area contributed by atoms with E-state index in [1.165, 1.54) is 12.1 Å². The van der Waals surface area contributed by atoms with Crippen LogP contribution in [0.5, 0.6) is 0 Å². The van der Waals surface area contributed by atoms with Crippen molar-refractivity contribution in [2.24, 2.45) is 0 Å². The Bertz CT molecular complexity index is 542. The maximum absolute atomic E-state index is 12.0. The van der Waals surface area contributed by atoms with Crippen molar-refractivity contribution >= 4 is 17.6 Å². The summed E-state index contributed by atoms with van der Waals surface area (Å²) in [6, 6.07) is 4.38. The number of rotatable bonds is 8. The molecule has 7 heteroatoms. The van der Waals surface area contributed by atoms with Gasteiger partial charge in [0.05, 0.1) is 4.92 Å². The van der Waals surface area contributed by atoms with E-state index in [1.807, 2.05) is 0 Å². The normalized spacial score (nSPS) is 10.1. The molecular formula is C14H18N2O5. The lowest BCUT2D eigenvalue weighted by Gasteiger charge is -2.07. The van der Waals surface area contributed by atoms with Crippen LogP contribution in [0.2, 0.25) is 0 Å². The lowest BCUT2D eigenvalue weighted by molar-refractivity contribution is -0.385. The maximum atomic E-state index is 12.0. The topological polar surface area (TPSA) is 110 Å². The van der Waals surface area contributed by atoms with Gasteiger partial charge in [0, 0.05) is 30.2 Å². The summed E-state index contributed by atoms with van der Waals surface area (Å²) in [5.74, 6) is -1.18. The minimum absolute atomic E-state index is 0.0795. The molecule has 1 amide bonds. The molecule has 0 aliphatic carbocycles. The number of nitrogens with zero attached hydrogens (tertiary/aromatic N) is 1. The van der Waals surface area contributed by atoms with Gasteiger partial charge in [0.1, 0.15) is 0 Å². The van der Waals surface area contributed by atoms with Crippen molar-refractivity contribution in [2.45, 2.75) is 32.6 Å². The number of nitro groups is 1. The lowest BCUT2D eigenvalue weighted by atomic mass is 10.1. The van der Waals surface area contributed by atoms with Crippen LogP contribution in [0.25, 0.3) is 0 Å². The molecule has 0 saturated heterocycles. The summed E-state index contributed by atoms with van der Waals surface area (Å²) in [4.78, 5) is 32.6. The van der Waals surface area contributed by atoms with E-state index in [4.69, 9.17) is 5.11 Å². The van der Waals surface area contributed by atoms with Crippen molar-refractivity contribution in [1.82, 2.24) is 5.32 Å². The molecule has 0 unspecified atom stereocenters. The van der Waals surface area contributed by atoms with Crippen molar-refractivity contribution in [1.29, 1.82) is 0 Å². The van der Waals surface area contributed by atoms with E-state index < -0.39 is 10.9 Å². The number of nitro benzene ring substituents is 1. The molecule has 7 nitrogen and oxygen atoms in total. The number of carboxylic acid groups (broad SMARTS) is 1. The summed E-state index contributed by atoms with van der Waals surface area (Å²) in [7, 11) is 0. The number of nitrogens with one attached hydrogen (secondary N) is 1. The molecule has 1 aromatic carbocycles. The fourth-order valence-corrected chi connectivity index (χ4v) is 1.94.